The van der Waals surface area contributed by atoms with Crippen LogP contribution in [0.25, 0.3) is 0 Å². The van der Waals surface area contributed by atoms with Crippen LogP contribution in [0.2, 0.25) is 0 Å². The van der Waals surface area contributed by atoms with E-state index in [0.717, 1.165) is 32.8 Å². The minimum absolute atomic E-state index is 0.165. The third kappa shape index (κ3) is 4.50. The van der Waals surface area contributed by atoms with E-state index in [1.807, 2.05) is 0 Å². The van der Waals surface area contributed by atoms with Crippen molar-refractivity contribution in [2.45, 2.75) is 0 Å². The van der Waals surface area contributed by atoms with Crippen LogP contribution in [0.5, 0.6) is 0 Å². The van der Waals surface area contributed by atoms with Crippen molar-refractivity contribution in [3.05, 3.63) is 0 Å². The summed E-state index contributed by atoms with van der Waals surface area (Å²) in [4.78, 5) is 12.2. The van der Waals surface area contributed by atoms with E-state index in [1.165, 1.54) is 4.90 Å². The molecule has 1 aliphatic rings. The highest BCUT2D eigenvalue weighted by molar-refractivity contribution is 7.81. The maximum Gasteiger partial charge on any atom is 0.315 e. The first kappa shape index (κ1) is 10.8. The molecule has 0 aromatic rings. The second-order valence-electron chi connectivity index (χ2n) is 2.99. The molecule has 0 amide bonds. The van der Waals surface area contributed by atoms with Crippen molar-refractivity contribution < 1.29 is 19.2 Å². The average Bonchev–Trinajstić information content (AvgIpc) is 2.19. The van der Waals surface area contributed by atoms with E-state index in [1.54, 1.807) is 0 Å². The standard InChI is InChI=1S/C8H15NO3S/c10-8(7-13)12-6-3-9-1-4-11-5-2-9/h13H,1-7H2/p+1. The van der Waals surface area contributed by atoms with Gasteiger partial charge in [-0.1, -0.05) is 0 Å². The van der Waals surface area contributed by atoms with Gasteiger partial charge in [-0.3, -0.25) is 4.79 Å². The number of ether oxygens (including phenoxy) is 2. The summed E-state index contributed by atoms with van der Waals surface area (Å²) in [7, 11) is 0. The molecule has 0 saturated carbocycles. The lowest BCUT2D eigenvalue weighted by Crippen LogP contribution is -3.14. The molecule has 1 heterocycles. The van der Waals surface area contributed by atoms with Crippen LogP contribution in [0.15, 0.2) is 0 Å². The van der Waals surface area contributed by atoms with Gasteiger partial charge in [0.15, 0.2) is 0 Å². The Balaban J connectivity index is 2.01. The van der Waals surface area contributed by atoms with Crippen LogP contribution in [0.3, 0.4) is 0 Å². The minimum Gasteiger partial charge on any atom is -0.459 e. The van der Waals surface area contributed by atoms with E-state index in [9.17, 15) is 4.79 Å². The zero-order valence-electron chi connectivity index (χ0n) is 7.62. The summed E-state index contributed by atoms with van der Waals surface area (Å²) in [6, 6.07) is 0. The van der Waals surface area contributed by atoms with Crippen molar-refractivity contribution in [1.82, 2.24) is 0 Å². The fraction of sp³-hybridized carbons (Fsp3) is 0.875. The molecular weight excluding hydrogens is 190 g/mol. The highest BCUT2D eigenvalue weighted by atomic mass is 32.1. The molecule has 13 heavy (non-hydrogen) atoms. The van der Waals surface area contributed by atoms with Gasteiger partial charge < -0.3 is 14.4 Å². The third-order valence-electron chi connectivity index (χ3n) is 2.05. The molecule has 0 aromatic carbocycles. The maximum atomic E-state index is 10.7. The zero-order valence-corrected chi connectivity index (χ0v) is 8.52. The first-order chi connectivity index (χ1) is 6.33. The van der Waals surface area contributed by atoms with Crippen molar-refractivity contribution in [3.8, 4) is 0 Å². The molecule has 1 saturated heterocycles. The van der Waals surface area contributed by atoms with Gasteiger partial charge in [0.25, 0.3) is 0 Å². The monoisotopic (exact) mass is 206 g/mol. The van der Waals surface area contributed by atoms with Gasteiger partial charge in [0, 0.05) is 0 Å². The Morgan fingerprint density at radius 3 is 2.77 bits per heavy atom. The molecule has 0 aliphatic carbocycles. The van der Waals surface area contributed by atoms with Crippen LogP contribution in [0.4, 0.5) is 0 Å². The van der Waals surface area contributed by atoms with E-state index in [-0.39, 0.29) is 11.7 Å². The third-order valence-corrected chi connectivity index (χ3v) is 2.31. The number of quaternary nitrogens is 1. The number of carbonyl (C=O) groups excluding carboxylic acids is 1. The van der Waals surface area contributed by atoms with Gasteiger partial charge in [-0.25, -0.2) is 0 Å². The van der Waals surface area contributed by atoms with Crippen molar-refractivity contribution in [2.24, 2.45) is 0 Å². The van der Waals surface area contributed by atoms with E-state index in [2.05, 4.69) is 12.6 Å². The molecule has 4 nitrogen and oxygen atoms in total. The van der Waals surface area contributed by atoms with Crippen LogP contribution in [0, 0.1) is 0 Å². The van der Waals surface area contributed by atoms with Gasteiger partial charge in [-0.15, -0.1) is 0 Å². The summed E-state index contributed by atoms with van der Waals surface area (Å²) in [6.45, 7) is 5.03. The Hall–Kier alpha value is -0.260. The van der Waals surface area contributed by atoms with E-state index < -0.39 is 0 Å². The number of thiol groups is 1. The SMILES string of the molecule is O=C(CS)OCC[NH+]1CCOCC1. The topological polar surface area (TPSA) is 40.0 Å². The van der Waals surface area contributed by atoms with Gasteiger partial charge in [0.2, 0.25) is 0 Å². The number of esters is 1. The summed E-state index contributed by atoms with van der Waals surface area (Å²) >= 11 is 3.81. The molecule has 1 fully saturated rings. The van der Waals surface area contributed by atoms with Crippen LogP contribution in [-0.2, 0) is 14.3 Å². The molecule has 0 spiro atoms. The van der Waals surface area contributed by atoms with Crippen molar-refractivity contribution in [3.63, 3.8) is 0 Å². The van der Waals surface area contributed by atoms with Crippen LogP contribution < -0.4 is 4.90 Å². The molecule has 0 aromatic heterocycles. The lowest BCUT2D eigenvalue weighted by molar-refractivity contribution is -0.908. The fourth-order valence-corrected chi connectivity index (χ4v) is 1.36. The summed E-state index contributed by atoms with van der Waals surface area (Å²) in [6.07, 6.45) is 0. The molecule has 0 atom stereocenters. The van der Waals surface area contributed by atoms with Crippen molar-refractivity contribution in [1.29, 1.82) is 0 Å². The molecule has 0 radical (unpaired) electrons. The normalized spacial score (nSPS) is 18.5. The summed E-state index contributed by atoms with van der Waals surface area (Å²) in [5, 5.41) is 0. The van der Waals surface area contributed by atoms with Gasteiger partial charge in [0.05, 0.1) is 19.0 Å². The van der Waals surface area contributed by atoms with E-state index in [0.29, 0.717) is 6.61 Å². The number of hydrogen-bond donors (Lipinski definition) is 2. The van der Waals surface area contributed by atoms with E-state index in [4.69, 9.17) is 9.47 Å². The van der Waals surface area contributed by atoms with E-state index >= 15 is 0 Å². The Morgan fingerprint density at radius 1 is 1.46 bits per heavy atom. The molecule has 0 bridgehead atoms. The molecule has 0 unspecified atom stereocenters. The molecule has 1 N–H and O–H groups in total. The van der Waals surface area contributed by atoms with Gasteiger partial charge >= 0.3 is 5.97 Å². The molecule has 5 heteroatoms. The largest absolute Gasteiger partial charge is 0.459 e. The zero-order chi connectivity index (χ0) is 9.52. The van der Waals surface area contributed by atoms with Crippen molar-refractivity contribution >= 4 is 18.6 Å². The fourth-order valence-electron chi connectivity index (χ4n) is 1.26. The minimum atomic E-state index is -0.240. The highest BCUT2D eigenvalue weighted by Crippen LogP contribution is 1.80. The summed E-state index contributed by atoms with van der Waals surface area (Å²) in [5.74, 6) is -0.0747. The maximum absolute atomic E-state index is 10.7. The summed E-state index contributed by atoms with van der Waals surface area (Å²) < 4.78 is 10.1. The van der Waals surface area contributed by atoms with Crippen LogP contribution in [0.1, 0.15) is 0 Å². The second-order valence-corrected chi connectivity index (χ2v) is 3.31. The predicted octanol–water partition coefficient (Wildman–Crippen LogP) is -1.63. The van der Waals surface area contributed by atoms with Gasteiger partial charge in [-0.05, 0) is 0 Å². The number of hydrogen-bond acceptors (Lipinski definition) is 4. The van der Waals surface area contributed by atoms with Crippen LogP contribution in [-0.4, -0.2) is 51.2 Å². The quantitative estimate of drug-likeness (QED) is 0.429. The first-order valence-corrected chi connectivity index (χ1v) is 5.14. The molecular formula is C8H16NO3S+. The Labute approximate surface area is 83.6 Å². The Kier molecular flexibility index (Phi) is 5.19. The number of carbonyl (C=O) groups is 1. The lowest BCUT2D eigenvalue weighted by Gasteiger charge is -2.23. The molecule has 1 aliphatic heterocycles. The van der Waals surface area contributed by atoms with Gasteiger partial charge in [-0.2, -0.15) is 12.6 Å². The van der Waals surface area contributed by atoms with Gasteiger partial charge in [0.1, 0.15) is 26.2 Å². The molecule has 76 valence electrons. The first-order valence-electron chi connectivity index (χ1n) is 4.50. The number of rotatable bonds is 4. The summed E-state index contributed by atoms with van der Waals surface area (Å²) in [5.41, 5.74) is 0. The average molecular weight is 206 g/mol. The number of morpholine rings is 1. The molecule has 1 rings (SSSR count). The number of nitrogens with one attached hydrogen (secondary N) is 1. The smallest absolute Gasteiger partial charge is 0.315 e. The predicted molar refractivity (Wildman–Crippen MR) is 51.2 cm³/mol. The highest BCUT2D eigenvalue weighted by Gasteiger charge is 2.13. The Morgan fingerprint density at radius 2 is 2.15 bits per heavy atom. The lowest BCUT2D eigenvalue weighted by atomic mass is 10.4. The van der Waals surface area contributed by atoms with Crippen LogP contribution >= 0.6 is 12.6 Å². The second kappa shape index (κ2) is 6.23. The Bertz CT molecular complexity index is 159. The van der Waals surface area contributed by atoms with Crippen molar-refractivity contribution in [2.75, 3.05) is 45.2 Å².